The molecular formula is C11H20N4O. The third-order valence-corrected chi connectivity index (χ3v) is 3.45. The summed E-state index contributed by atoms with van der Waals surface area (Å²) in [5.41, 5.74) is 7.82. The number of nitrogens with zero attached hydrogens (tertiary/aromatic N) is 3. The molecule has 1 saturated carbocycles. The zero-order valence-electron chi connectivity index (χ0n) is 9.76. The van der Waals surface area contributed by atoms with Gasteiger partial charge in [-0.2, -0.15) is 0 Å². The molecule has 16 heavy (non-hydrogen) atoms. The molecule has 1 aliphatic carbocycles. The van der Waals surface area contributed by atoms with E-state index in [1.54, 1.807) is 0 Å². The first-order chi connectivity index (χ1) is 7.77. The molecule has 1 fully saturated rings. The number of hydrogen-bond acceptors (Lipinski definition) is 4. The summed E-state index contributed by atoms with van der Waals surface area (Å²) in [5.74, 6) is 0.578. The number of aromatic nitrogens is 3. The van der Waals surface area contributed by atoms with Crippen LogP contribution in [0.1, 0.15) is 56.0 Å². The summed E-state index contributed by atoms with van der Waals surface area (Å²) >= 11 is 0. The fourth-order valence-electron chi connectivity index (χ4n) is 2.22. The van der Waals surface area contributed by atoms with Gasteiger partial charge in [0.2, 0.25) is 0 Å². The van der Waals surface area contributed by atoms with Gasteiger partial charge in [-0.15, -0.1) is 5.10 Å². The molecule has 0 aliphatic heterocycles. The maximum Gasteiger partial charge on any atom is 0.0997 e. The Morgan fingerprint density at radius 2 is 2.31 bits per heavy atom. The van der Waals surface area contributed by atoms with Crippen molar-refractivity contribution in [2.24, 2.45) is 5.73 Å². The van der Waals surface area contributed by atoms with Crippen LogP contribution in [0, 0.1) is 0 Å². The van der Waals surface area contributed by atoms with E-state index in [-0.39, 0.29) is 12.6 Å². The van der Waals surface area contributed by atoms with Crippen LogP contribution in [0.3, 0.4) is 0 Å². The van der Waals surface area contributed by atoms with Crippen LogP contribution >= 0.6 is 0 Å². The van der Waals surface area contributed by atoms with E-state index in [9.17, 15) is 0 Å². The number of hydrogen-bond donors (Lipinski definition) is 2. The van der Waals surface area contributed by atoms with E-state index in [1.165, 1.54) is 25.0 Å². The topological polar surface area (TPSA) is 77.0 Å². The Morgan fingerprint density at radius 1 is 1.56 bits per heavy atom. The Bertz CT molecular complexity index is 346. The molecule has 1 unspecified atom stereocenters. The molecule has 1 aliphatic rings. The maximum atomic E-state index is 8.98. The van der Waals surface area contributed by atoms with Crippen LogP contribution < -0.4 is 5.73 Å². The molecule has 0 spiro atoms. The predicted molar refractivity (Wildman–Crippen MR) is 60.9 cm³/mol. The average molecular weight is 224 g/mol. The molecule has 90 valence electrons. The normalized spacial score (nSPS) is 18.4. The highest BCUT2D eigenvalue weighted by Gasteiger charge is 2.28. The Balaban J connectivity index is 2.25. The summed E-state index contributed by atoms with van der Waals surface area (Å²) in [7, 11) is 0. The predicted octanol–water partition coefficient (Wildman–Crippen LogP) is 0.948. The standard InChI is InChI=1S/C11H20N4O/c1-8(5-6-16)15-11(9-3-2-4-9)10(7-12)13-14-15/h8-9,16H,2-7,12H2,1H3. The molecule has 2 rings (SSSR count). The van der Waals surface area contributed by atoms with E-state index in [4.69, 9.17) is 10.8 Å². The molecule has 1 atom stereocenters. The molecule has 0 bridgehead atoms. The van der Waals surface area contributed by atoms with Gasteiger partial charge >= 0.3 is 0 Å². The summed E-state index contributed by atoms with van der Waals surface area (Å²) in [6, 6.07) is 0.202. The van der Waals surface area contributed by atoms with Crippen molar-refractivity contribution >= 4 is 0 Å². The van der Waals surface area contributed by atoms with Gasteiger partial charge in [0.05, 0.1) is 17.4 Å². The van der Waals surface area contributed by atoms with Crippen molar-refractivity contribution in [3.63, 3.8) is 0 Å². The van der Waals surface area contributed by atoms with E-state index in [1.807, 2.05) is 4.68 Å². The SMILES string of the molecule is CC(CCO)n1nnc(CN)c1C1CCC1. The first-order valence-corrected chi connectivity index (χ1v) is 6.02. The van der Waals surface area contributed by atoms with E-state index >= 15 is 0 Å². The highest BCUT2D eigenvalue weighted by Crippen LogP contribution is 2.38. The molecule has 5 nitrogen and oxygen atoms in total. The van der Waals surface area contributed by atoms with Crippen LogP contribution in [0.25, 0.3) is 0 Å². The van der Waals surface area contributed by atoms with Gasteiger partial charge in [-0.25, -0.2) is 4.68 Å². The zero-order valence-corrected chi connectivity index (χ0v) is 9.76. The van der Waals surface area contributed by atoms with Crippen molar-refractivity contribution in [1.82, 2.24) is 15.0 Å². The van der Waals surface area contributed by atoms with Crippen LogP contribution in [-0.4, -0.2) is 26.7 Å². The zero-order chi connectivity index (χ0) is 11.5. The molecule has 0 saturated heterocycles. The number of rotatable bonds is 5. The molecule has 3 N–H and O–H groups in total. The minimum Gasteiger partial charge on any atom is -0.396 e. The quantitative estimate of drug-likeness (QED) is 0.780. The minimum atomic E-state index is 0.184. The third-order valence-electron chi connectivity index (χ3n) is 3.45. The third kappa shape index (κ3) is 1.97. The Kier molecular flexibility index (Phi) is 3.56. The molecule has 1 aromatic heterocycles. The minimum absolute atomic E-state index is 0.184. The second-order valence-electron chi connectivity index (χ2n) is 4.56. The molecule has 1 heterocycles. The summed E-state index contributed by atoms with van der Waals surface area (Å²) in [4.78, 5) is 0. The van der Waals surface area contributed by atoms with Crippen molar-refractivity contribution in [3.8, 4) is 0 Å². The second-order valence-corrected chi connectivity index (χ2v) is 4.56. The molecular weight excluding hydrogens is 204 g/mol. The van der Waals surface area contributed by atoms with Gasteiger partial charge in [0.1, 0.15) is 0 Å². The summed E-state index contributed by atoms with van der Waals surface area (Å²) < 4.78 is 1.96. The largest absolute Gasteiger partial charge is 0.396 e. The summed E-state index contributed by atoms with van der Waals surface area (Å²) in [6.45, 7) is 2.70. The summed E-state index contributed by atoms with van der Waals surface area (Å²) in [6.07, 6.45) is 4.43. The van der Waals surface area contributed by atoms with Crippen molar-refractivity contribution in [2.75, 3.05) is 6.61 Å². The lowest BCUT2D eigenvalue weighted by Gasteiger charge is -2.28. The average Bonchev–Trinajstić information content (AvgIpc) is 2.59. The second kappa shape index (κ2) is 4.93. The van der Waals surface area contributed by atoms with E-state index in [0.717, 1.165) is 5.69 Å². The van der Waals surface area contributed by atoms with Gasteiger partial charge in [-0.05, 0) is 26.2 Å². The molecule has 0 radical (unpaired) electrons. The van der Waals surface area contributed by atoms with Gasteiger partial charge in [0, 0.05) is 19.1 Å². The number of aliphatic hydroxyl groups is 1. The Labute approximate surface area is 95.6 Å². The lowest BCUT2D eigenvalue weighted by atomic mass is 9.82. The fraction of sp³-hybridized carbons (Fsp3) is 0.818. The van der Waals surface area contributed by atoms with Crippen molar-refractivity contribution in [1.29, 1.82) is 0 Å². The highest BCUT2D eigenvalue weighted by atomic mass is 16.3. The first-order valence-electron chi connectivity index (χ1n) is 6.02. The number of aliphatic hydroxyl groups excluding tert-OH is 1. The van der Waals surface area contributed by atoms with Crippen molar-refractivity contribution in [2.45, 2.75) is 51.1 Å². The molecule has 5 heteroatoms. The van der Waals surface area contributed by atoms with Crippen LogP contribution in [-0.2, 0) is 6.54 Å². The van der Waals surface area contributed by atoms with Gasteiger partial charge in [-0.1, -0.05) is 11.6 Å². The number of nitrogens with two attached hydrogens (primary N) is 1. The van der Waals surface area contributed by atoms with Crippen molar-refractivity contribution in [3.05, 3.63) is 11.4 Å². The molecule has 0 aromatic carbocycles. The van der Waals surface area contributed by atoms with E-state index < -0.39 is 0 Å². The Morgan fingerprint density at radius 3 is 2.81 bits per heavy atom. The van der Waals surface area contributed by atoms with Crippen LogP contribution in [0.15, 0.2) is 0 Å². The van der Waals surface area contributed by atoms with Gasteiger partial charge in [0.15, 0.2) is 0 Å². The lowest BCUT2D eigenvalue weighted by molar-refractivity contribution is 0.250. The maximum absolute atomic E-state index is 8.98. The van der Waals surface area contributed by atoms with Crippen LogP contribution in [0.2, 0.25) is 0 Å². The van der Waals surface area contributed by atoms with Gasteiger partial charge < -0.3 is 10.8 Å². The van der Waals surface area contributed by atoms with Crippen molar-refractivity contribution < 1.29 is 5.11 Å². The van der Waals surface area contributed by atoms with Gasteiger partial charge in [-0.3, -0.25) is 0 Å². The smallest absolute Gasteiger partial charge is 0.0997 e. The first kappa shape index (κ1) is 11.5. The van der Waals surface area contributed by atoms with Crippen LogP contribution in [0.5, 0.6) is 0 Å². The van der Waals surface area contributed by atoms with Crippen LogP contribution in [0.4, 0.5) is 0 Å². The lowest BCUT2D eigenvalue weighted by Crippen LogP contribution is -2.20. The molecule has 0 amide bonds. The van der Waals surface area contributed by atoms with Gasteiger partial charge in [0.25, 0.3) is 0 Å². The highest BCUT2D eigenvalue weighted by molar-refractivity contribution is 5.18. The molecule has 1 aromatic rings. The van der Waals surface area contributed by atoms with E-state index in [0.29, 0.717) is 18.9 Å². The fourth-order valence-corrected chi connectivity index (χ4v) is 2.22. The van der Waals surface area contributed by atoms with E-state index in [2.05, 4.69) is 17.2 Å². The summed E-state index contributed by atoms with van der Waals surface area (Å²) in [5, 5.41) is 17.3. The monoisotopic (exact) mass is 224 g/mol. The Hall–Kier alpha value is -0.940.